The summed E-state index contributed by atoms with van der Waals surface area (Å²) in [5.74, 6) is -0.0675. The quantitative estimate of drug-likeness (QED) is 0.383. The molecule has 8 nitrogen and oxygen atoms in total. The number of amides is 2. The first-order chi connectivity index (χ1) is 17.8. The van der Waals surface area contributed by atoms with Crippen LogP contribution in [0, 0.1) is 23.6 Å². The molecule has 37 heavy (non-hydrogen) atoms. The number of halogens is 1. The maximum absolute atomic E-state index is 14.4. The topological polar surface area (TPSA) is 114 Å². The van der Waals surface area contributed by atoms with Gasteiger partial charge in [-0.15, -0.1) is 0 Å². The number of piperidine rings is 1. The second-order valence-electron chi connectivity index (χ2n) is 10.7. The van der Waals surface area contributed by atoms with Crippen molar-refractivity contribution in [3.05, 3.63) is 29.8 Å². The number of ether oxygens (including phenoxy) is 1. The van der Waals surface area contributed by atoms with Crippen molar-refractivity contribution in [2.45, 2.75) is 83.6 Å². The highest BCUT2D eigenvalue weighted by Gasteiger charge is 2.63. The molecule has 2 aromatic rings. The van der Waals surface area contributed by atoms with E-state index in [2.05, 4.69) is 29.0 Å². The van der Waals surface area contributed by atoms with Gasteiger partial charge in [0.1, 0.15) is 5.69 Å². The van der Waals surface area contributed by atoms with Crippen LogP contribution in [0.3, 0.4) is 0 Å². The van der Waals surface area contributed by atoms with Gasteiger partial charge in [-0.1, -0.05) is 58.8 Å². The highest BCUT2D eigenvalue weighted by atomic mass is 19.1. The highest BCUT2D eigenvalue weighted by molar-refractivity contribution is 5.94. The third-order valence-electron chi connectivity index (χ3n) is 8.49. The molecule has 1 saturated heterocycles. The van der Waals surface area contributed by atoms with Crippen LogP contribution in [0.25, 0.3) is 11.3 Å². The number of aromatic amines is 1. The molecule has 9 heteroatoms. The van der Waals surface area contributed by atoms with E-state index in [1.165, 1.54) is 45.3 Å². The fourth-order valence-electron chi connectivity index (χ4n) is 6.31. The summed E-state index contributed by atoms with van der Waals surface area (Å²) < 4.78 is 19.6. The van der Waals surface area contributed by atoms with E-state index in [0.717, 1.165) is 25.5 Å². The molecule has 3 heterocycles. The van der Waals surface area contributed by atoms with Crippen molar-refractivity contribution in [2.75, 3.05) is 13.7 Å². The lowest BCUT2D eigenvalue weighted by Gasteiger charge is -2.41. The van der Waals surface area contributed by atoms with Gasteiger partial charge in [0.25, 0.3) is 5.91 Å². The molecule has 1 aliphatic heterocycles. The zero-order valence-corrected chi connectivity index (χ0v) is 22.3. The van der Waals surface area contributed by atoms with Gasteiger partial charge in [-0.25, -0.2) is 9.37 Å². The van der Waals surface area contributed by atoms with Gasteiger partial charge in [0, 0.05) is 29.6 Å². The van der Waals surface area contributed by atoms with E-state index in [0.29, 0.717) is 42.6 Å². The number of nitrogens with zero attached hydrogens (tertiary/aromatic N) is 3. The number of nitrogens with one attached hydrogen (secondary N) is 1. The molecule has 2 fully saturated rings. The number of unbranched alkanes of at least 4 members (excludes halogenated alkanes) is 4. The number of primary amides is 1. The van der Waals surface area contributed by atoms with E-state index >= 15 is 0 Å². The predicted molar refractivity (Wildman–Crippen MR) is 139 cm³/mol. The summed E-state index contributed by atoms with van der Waals surface area (Å²) >= 11 is 0. The van der Waals surface area contributed by atoms with Gasteiger partial charge in [-0.3, -0.25) is 14.7 Å². The van der Waals surface area contributed by atoms with Crippen LogP contribution in [0.1, 0.15) is 88.5 Å². The Morgan fingerprint density at radius 1 is 1.24 bits per heavy atom. The van der Waals surface area contributed by atoms with Crippen LogP contribution in [-0.4, -0.2) is 51.1 Å². The molecule has 0 bridgehead atoms. The van der Waals surface area contributed by atoms with Crippen LogP contribution >= 0.6 is 0 Å². The van der Waals surface area contributed by atoms with E-state index < -0.39 is 5.82 Å². The smallest absolute Gasteiger partial charge is 0.272 e. The fraction of sp³-hybridized carbons (Fsp3) is 0.643. The maximum Gasteiger partial charge on any atom is 0.272 e. The van der Waals surface area contributed by atoms with Gasteiger partial charge in [0.05, 0.1) is 19.0 Å². The standard InChI is InChI=1S/C28H40FN5O3/c1-4-6-7-8-9-10-18(5-2)21-16-28(21)15-19(26(30)35)11-12-34(28)27(36)24-14-23(32-33-24)20-13-25(37-3)31-17-22(20)29/h13-14,17-19,21H,4-12,15-16H2,1-3H3,(H2,30,35)(H,32,33). The fourth-order valence-corrected chi connectivity index (χ4v) is 6.31. The van der Waals surface area contributed by atoms with Gasteiger partial charge in [0.15, 0.2) is 5.82 Å². The van der Waals surface area contributed by atoms with Crippen molar-refractivity contribution in [3.63, 3.8) is 0 Å². The lowest BCUT2D eigenvalue weighted by Crippen LogP contribution is -2.52. The molecule has 0 aromatic carbocycles. The van der Waals surface area contributed by atoms with E-state index in [9.17, 15) is 14.0 Å². The lowest BCUT2D eigenvalue weighted by atomic mass is 9.82. The van der Waals surface area contributed by atoms with Crippen LogP contribution in [0.15, 0.2) is 18.3 Å². The number of hydrogen-bond donors (Lipinski definition) is 2. The predicted octanol–water partition coefficient (Wildman–Crippen LogP) is 5.10. The molecular formula is C28H40FN5O3. The number of carbonyl (C=O) groups is 2. The number of hydrogen-bond acceptors (Lipinski definition) is 5. The molecule has 2 aromatic heterocycles. The van der Waals surface area contributed by atoms with Gasteiger partial charge in [-0.2, -0.15) is 5.10 Å². The van der Waals surface area contributed by atoms with Crippen molar-refractivity contribution >= 4 is 11.8 Å². The average Bonchev–Trinajstić information content (AvgIpc) is 3.36. The number of rotatable bonds is 12. The second kappa shape index (κ2) is 11.6. The van der Waals surface area contributed by atoms with Crippen molar-refractivity contribution in [1.29, 1.82) is 0 Å². The normalized spacial score (nSPS) is 23.7. The molecule has 1 aliphatic carbocycles. The van der Waals surface area contributed by atoms with E-state index in [1.54, 1.807) is 6.07 Å². The summed E-state index contributed by atoms with van der Waals surface area (Å²) in [6, 6.07) is 3.04. The Morgan fingerprint density at radius 2 is 2.03 bits per heavy atom. The Morgan fingerprint density at radius 3 is 2.73 bits per heavy atom. The molecule has 1 saturated carbocycles. The Hall–Kier alpha value is -2.97. The Labute approximate surface area is 218 Å². The maximum atomic E-state index is 14.4. The molecule has 3 N–H and O–H groups in total. The lowest BCUT2D eigenvalue weighted by molar-refractivity contribution is -0.124. The van der Waals surface area contributed by atoms with Gasteiger partial charge in [-0.05, 0) is 37.2 Å². The minimum atomic E-state index is -0.544. The third kappa shape index (κ3) is 5.65. The largest absolute Gasteiger partial charge is 0.481 e. The van der Waals surface area contributed by atoms with Crippen LogP contribution in [-0.2, 0) is 4.79 Å². The summed E-state index contributed by atoms with van der Waals surface area (Å²) in [5.41, 5.74) is 6.20. The first kappa shape index (κ1) is 27.1. The number of carbonyl (C=O) groups excluding carboxylic acids is 2. The van der Waals surface area contributed by atoms with Gasteiger partial charge < -0.3 is 15.4 Å². The summed E-state index contributed by atoms with van der Waals surface area (Å²) in [6.45, 7) is 4.92. The SMILES string of the molecule is CCCCCCCC(CC)C1CC12CC(C(N)=O)CCN2C(=O)c1cc(-c2cc(OC)ncc2F)n[nH]1. The molecule has 2 amide bonds. The summed E-state index contributed by atoms with van der Waals surface area (Å²) in [4.78, 5) is 31.7. The molecule has 4 atom stereocenters. The first-order valence-electron chi connectivity index (χ1n) is 13.7. The van der Waals surface area contributed by atoms with Crippen LogP contribution < -0.4 is 10.5 Å². The molecule has 202 valence electrons. The number of methoxy groups -OCH3 is 1. The number of H-pyrrole nitrogens is 1. The zero-order valence-electron chi connectivity index (χ0n) is 22.3. The van der Waals surface area contributed by atoms with Crippen LogP contribution in [0.5, 0.6) is 5.88 Å². The first-order valence-corrected chi connectivity index (χ1v) is 13.7. The van der Waals surface area contributed by atoms with Crippen molar-refractivity contribution in [2.24, 2.45) is 23.5 Å². The van der Waals surface area contributed by atoms with Crippen molar-refractivity contribution in [1.82, 2.24) is 20.1 Å². The highest BCUT2D eigenvalue weighted by Crippen LogP contribution is 2.60. The Kier molecular flexibility index (Phi) is 8.49. The Bertz CT molecular complexity index is 1110. The molecule has 2 aliphatic rings. The molecule has 4 rings (SSSR count). The van der Waals surface area contributed by atoms with E-state index in [-0.39, 0.29) is 34.7 Å². The molecule has 0 radical (unpaired) electrons. The monoisotopic (exact) mass is 513 g/mol. The molecule has 4 unspecified atom stereocenters. The second-order valence-corrected chi connectivity index (χ2v) is 10.7. The van der Waals surface area contributed by atoms with Gasteiger partial charge in [0.2, 0.25) is 11.8 Å². The number of likely N-dealkylation sites (tertiary alicyclic amines) is 1. The number of pyridine rings is 1. The van der Waals surface area contributed by atoms with E-state index in [4.69, 9.17) is 10.5 Å². The van der Waals surface area contributed by atoms with Crippen LogP contribution in [0.4, 0.5) is 4.39 Å². The summed E-state index contributed by atoms with van der Waals surface area (Å²) in [7, 11) is 1.46. The van der Waals surface area contributed by atoms with Crippen molar-refractivity contribution in [3.8, 4) is 17.1 Å². The Balaban J connectivity index is 1.53. The van der Waals surface area contributed by atoms with Crippen molar-refractivity contribution < 1.29 is 18.7 Å². The summed E-state index contributed by atoms with van der Waals surface area (Å²) in [5, 5.41) is 7.03. The molecular weight excluding hydrogens is 473 g/mol. The third-order valence-corrected chi connectivity index (χ3v) is 8.49. The minimum Gasteiger partial charge on any atom is -0.481 e. The van der Waals surface area contributed by atoms with E-state index in [1.807, 2.05) is 4.90 Å². The average molecular weight is 514 g/mol. The molecule has 1 spiro atoms. The zero-order chi connectivity index (χ0) is 26.6. The summed E-state index contributed by atoms with van der Waals surface area (Å²) in [6.07, 6.45) is 11.6. The van der Waals surface area contributed by atoms with Crippen LogP contribution in [0.2, 0.25) is 0 Å². The number of aromatic nitrogens is 3. The number of nitrogens with two attached hydrogens (primary N) is 1. The minimum absolute atomic E-state index is 0.164. The van der Waals surface area contributed by atoms with Gasteiger partial charge >= 0.3 is 0 Å².